The summed E-state index contributed by atoms with van der Waals surface area (Å²) in [6.07, 6.45) is 0. The van der Waals surface area contributed by atoms with Gasteiger partial charge in [0.25, 0.3) is 0 Å². The van der Waals surface area contributed by atoms with Gasteiger partial charge in [-0.25, -0.2) is 0 Å². The van der Waals surface area contributed by atoms with Crippen LogP contribution in [0.2, 0.25) is 0 Å². The number of hydrogen-bond donors (Lipinski definition) is 1. The Morgan fingerprint density at radius 2 is 2.05 bits per heavy atom. The number of carbonyl (C=O) groups excluding carboxylic acids is 1. The van der Waals surface area contributed by atoms with E-state index in [1.807, 2.05) is 32.3 Å². The van der Waals surface area contributed by atoms with Gasteiger partial charge in [-0.05, 0) is 38.7 Å². The maximum absolute atomic E-state index is 11.4. The minimum absolute atomic E-state index is 0.150. The molecule has 0 saturated carbocycles. The number of benzene rings is 1. The van der Waals surface area contributed by atoms with Crippen LogP contribution in [0.25, 0.3) is 0 Å². The summed E-state index contributed by atoms with van der Waals surface area (Å²) in [6.45, 7) is 2.45. The van der Waals surface area contributed by atoms with Gasteiger partial charge in [0.15, 0.2) is 0 Å². The van der Waals surface area contributed by atoms with Crippen LogP contribution < -0.4 is 10.1 Å². The molecule has 1 N–H and O–H groups in total. The van der Waals surface area contributed by atoms with E-state index in [1.54, 1.807) is 14.0 Å². The third kappa shape index (κ3) is 4.51. The summed E-state index contributed by atoms with van der Waals surface area (Å²) >= 11 is 0. The summed E-state index contributed by atoms with van der Waals surface area (Å²) in [5.41, 5.74) is 1.14. The van der Waals surface area contributed by atoms with Gasteiger partial charge in [-0.2, -0.15) is 0 Å². The monoisotopic (exact) mass is 280 g/mol. The second-order valence-corrected chi connectivity index (χ2v) is 4.91. The fourth-order valence-corrected chi connectivity index (χ4v) is 2.00. The molecule has 1 rings (SSSR count). The Kier molecular flexibility index (Phi) is 6.48. The van der Waals surface area contributed by atoms with Crippen LogP contribution in [0.1, 0.15) is 18.5 Å². The standard InChI is InChI=1S/C15H24N2O3/c1-11(15(18)20-5)16-10-14(17(2)3)12-7-6-8-13(9-12)19-4/h6-9,11,14,16H,10H2,1-5H3. The van der Waals surface area contributed by atoms with E-state index in [-0.39, 0.29) is 18.1 Å². The molecule has 0 fully saturated rings. The first kappa shape index (κ1) is 16.5. The Balaban J connectivity index is 2.76. The van der Waals surface area contributed by atoms with Gasteiger partial charge in [0.05, 0.1) is 14.2 Å². The Bertz CT molecular complexity index is 435. The summed E-state index contributed by atoms with van der Waals surface area (Å²) in [5, 5.41) is 3.19. The highest BCUT2D eigenvalue weighted by Gasteiger charge is 2.18. The van der Waals surface area contributed by atoms with E-state index in [0.717, 1.165) is 11.3 Å². The molecule has 2 unspecified atom stereocenters. The highest BCUT2D eigenvalue weighted by molar-refractivity contribution is 5.75. The van der Waals surface area contributed by atoms with Crippen molar-refractivity contribution in [2.75, 3.05) is 34.9 Å². The van der Waals surface area contributed by atoms with Crippen molar-refractivity contribution < 1.29 is 14.3 Å². The molecule has 0 radical (unpaired) electrons. The van der Waals surface area contributed by atoms with E-state index in [4.69, 9.17) is 9.47 Å². The summed E-state index contributed by atoms with van der Waals surface area (Å²) in [5.74, 6) is 0.573. The van der Waals surface area contributed by atoms with Gasteiger partial charge in [0.2, 0.25) is 0 Å². The predicted molar refractivity (Wildman–Crippen MR) is 78.9 cm³/mol. The van der Waals surface area contributed by atoms with Crippen LogP contribution in [0, 0.1) is 0 Å². The molecule has 0 bridgehead atoms. The number of esters is 1. The molecular formula is C15H24N2O3. The third-order valence-electron chi connectivity index (χ3n) is 3.27. The minimum atomic E-state index is -0.326. The number of nitrogens with one attached hydrogen (secondary N) is 1. The number of carbonyl (C=O) groups is 1. The molecule has 0 spiro atoms. The second kappa shape index (κ2) is 7.87. The van der Waals surface area contributed by atoms with Crippen LogP contribution in [0.3, 0.4) is 0 Å². The summed E-state index contributed by atoms with van der Waals surface area (Å²) < 4.78 is 9.96. The minimum Gasteiger partial charge on any atom is -0.497 e. The van der Waals surface area contributed by atoms with E-state index in [1.165, 1.54) is 7.11 Å². The molecule has 5 heteroatoms. The van der Waals surface area contributed by atoms with Gasteiger partial charge < -0.3 is 19.7 Å². The fourth-order valence-electron chi connectivity index (χ4n) is 2.00. The van der Waals surface area contributed by atoms with Crippen LogP contribution in [0.4, 0.5) is 0 Å². The van der Waals surface area contributed by atoms with Gasteiger partial charge >= 0.3 is 5.97 Å². The second-order valence-electron chi connectivity index (χ2n) is 4.91. The van der Waals surface area contributed by atoms with Gasteiger partial charge in [-0.1, -0.05) is 12.1 Å². The number of ether oxygens (including phenoxy) is 2. The molecule has 0 aliphatic rings. The quantitative estimate of drug-likeness (QED) is 0.766. The molecule has 0 amide bonds. The van der Waals surface area contributed by atoms with E-state index >= 15 is 0 Å². The van der Waals surface area contributed by atoms with Gasteiger partial charge in [-0.3, -0.25) is 4.79 Å². The van der Waals surface area contributed by atoms with Crippen molar-refractivity contribution in [2.24, 2.45) is 0 Å². The van der Waals surface area contributed by atoms with Gasteiger partial charge in [0, 0.05) is 12.6 Å². The molecule has 0 saturated heterocycles. The van der Waals surface area contributed by atoms with Crippen LogP contribution in [-0.4, -0.2) is 51.8 Å². The largest absolute Gasteiger partial charge is 0.497 e. The molecule has 112 valence electrons. The SMILES string of the molecule is COC(=O)C(C)NCC(c1cccc(OC)c1)N(C)C. The van der Waals surface area contributed by atoms with Crippen molar-refractivity contribution in [3.8, 4) is 5.75 Å². The molecular weight excluding hydrogens is 256 g/mol. The summed E-state index contributed by atoms with van der Waals surface area (Å²) in [7, 11) is 7.07. The number of rotatable bonds is 7. The van der Waals surface area contributed by atoms with Gasteiger partial charge in [0.1, 0.15) is 11.8 Å². The topological polar surface area (TPSA) is 50.8 Å². The maximum atomic E-state index is 11.4. The van der Waals surface area contributed by atoms with Crippen LogP contribution in [0.5, 0.6) is 5.75 Å². The third-order valence-corrected chi connectivity index (χ3v) is 3.27. The van der Waals surface area contributed by atoms with Crippen LogP contribution >= 0.6 is 0 Å². The van der Waals surface area contributed by atoms with Crippen LogP contribution in [0.15, 0.2) is 24.3 Å². The number of likely N-dealkylation sites (N-methyl/N-ethyl adjacent to an activating group) is 1. The van der Waals surface area contributed by atoms with Gasteiger partial charge in [-0.15, -0.1) is 0 Å². The first-order chi connectivity index (χ1) is 9.49. The highest BCUT2D eigenvalue weighted by atomic mass is 16.5. The molecule has 0 aliphatic heterocycles. The van der Waals surface area contributed by atoms with Crippen LogP contribution in [-0.2, 0) is 9.53 Å². The zero-order valence-corrected chi connectivity index (χ0v) is 12.8. The zero-order valence-electron chi connectivity index (χ0n) is 12.8. The summed E-state index contributed by atoms with van der Waals surface area (Å²) in [6, 6.07) is 7.77. The van der Waals surface area contributed by atoms with Crippen molar-refractivity contribution >= 4 is 5.97 Å². The zero-order chi connectivity index (χ0) is 15.1. The van der Waals surface area contributed by atoms with E-state index in [0.29, 0.717) is 6.54 Å². The fraction of sp³-hybridized carbons (Fsp3) is 0.533. The molecule has 1 aromatic rings. The lowest BCUT2D eigenvalue weighted by Crippen LogP contribution is -2.40. The molecule has 2 atom stereocenters. The molecule has 1 aromatic carbocycles. The lowest BCUT2D eigenvalue weighted by Gasteiger charge is -2.26. The lowest BCUT2D eigenvalue weighted by molar-refractivity contribution is -0.142. The average molecular weight is 280 g/mol. The smallest absolute Gasteiger partial charge is 0.322 e. The first-order valence-corrected chi connectivity index (χ1v) is 6.61. The normalized spacial score (nSPS) is 13.9. The lowest BCUT2D eigenvalue weighted by atomic mass is 10.1. The van der Waals surface area contributed by atoms with E-state index in [2.05, 4.69) is 16.3 Å². The molecule has 0 aliphatic carbocycles. The van der Waals surface area contributed by atoms with Crippen molar-refractivity contribution in [3.63, 3.8) is 0 Å². The number of methoxy groups -OCH3 is 2. The molecule has 20 heavy (non-hydrogen) atoms. The van der Waals surface area contributed by atoms with E-state index < -0.39 is 0 Å². The Morgan fingerprint density at radius 1 is 1.35 bits per heavy atom. The Labute approximate surface area is 120 Å². The van der Waals surface area contributed by atoms with Crippen molar-refractivity contribution in [1.82, 2.24) is 10.2 Å². The predicted octanol–water partition coefficient (Wildman–Crippen LogP) is 1.45. The number of hydrogen-bond acceptors (Lipinski definition) is 5. The van der Waals surface area contributed by atoms with E-state index in [9.17, 15) is 4.79 Å². The Morgan fingerprint density at radius 3 is 2.60 bits per heavy atom. The molecule has 0 heterocycles. The first-order valence-electron chi connectivity index (χ1n) is 6.61. The van der Waals surface area contributed by atoms with Crippen molar-refractivity contribution in [3.05, 3.63) is 29.8 Å². The number of nitrogens with zero attached hydrogens (tertiary/aromatic N) is 1. The molecule has 5 nitrogen and oxygen atoms in total. The van der Waals surface area contributed by atoms with Crippen molar-refractivity contribution in [2.45, 2.75) is 19.0 Å². The highest BCUT2D eigenvalue weighted by Crippen LogP contribution is 2.22. The maximum Gasteiger partial charge on any atom is 0.322 e. The van der Waals surface area contributed by atoms with Crippen molar-refractivity contribution in [1.29, 1.82) is 0 Å². The molecule has 0 aromatic heterocycles. The Hall–Kier alpha value is -1.59. The average Bonchev–Trinajstić information content (AvgIpc) is 2.46. The summed E-state index contributed by atoms with van der Waals surface area (Å²) in [4.78, 5) is 13.5.